The number of amides is 2. The Hall–Kier alpha value is -3.22. The first kappa shape index (κ1) is 17.6. The minimum absolute atomic E-state index is 0.0827. The Kier molecular flexibility index (Phi) is 4.97. The SMILES string of the molecule is CCC(Oc1cccc(C(C)=O)c1)C(=O)N1CC(=O)Nc2cccnc21. The lowest BCUT2D eigenvalue weighted by Gasteiger charge is -2.30. The van der Waals surface area contributed by atoms with Crippen LogP contribution in [-0.2, 0) is 9.59 Å². The molecule has 2 aromatic rings. The van der Waals surface area contributed by atoms with Crippen LogP contribution in [0, 0.1) is 0 Å². The standard InChI is InChI=1S/C19H19N3O4/c1-3-16(26-14-7-4-6-13(10-14)12(2)23)19(25)22-11-17(24)21-15-8-5-9-20-18(15)22/h4-10,16H,3,11H2,1-2H3,(H,21,24). The summed E-state index contributed by atoms with van der Waals surface area (Å²) in [6, 6.07) is 10.1. The second-order valence-electron chi connectivity index (χ2n) is 5.95. The number of ether oxygens (including phenoxy) is 1. The molecule has 2 heterocycles. The summed E-state index contributed by atoms with van der Waals surface area (Å²) in [7, 11) is 0. The van der Waals surface area contributed by atoms with Gasteiger partial charge in [-0.05, 0) is 37.6 Å². The van der Waals surface area contributed by atoms with Gasteiger partial charge in [-0.15, -0.1) is 0 Å². The van der Waals surface area contributed by atoms with Crippen molar-refractivity contribution in [2.75, 3.05) is 16.8 Å². The van der Waals surface area contributed by atoms with Gasteiger partial charge in [0.2, 0.25) is 5.91 Å². The number of anilines is 2. The number of nitrogens with one attached hydrogen (secondary N) is 1. The molecule has 7 nitrogen and oxygen atoms in total. The lowest BCUT2D eigenvalue weighted by Crippen LogP contribution is -2.48. The fourth-order valence-corrected chi connectivity index (χ4v) is 2.73. The number of hydrogen-bond donors (Lipinski definition) is 1. The lowest BCUT2D eigenvalue weighted by molar-refractivity contribution is -0.127. The van der Waals surface area contributed by atoms with Gasteiger partial charge >= 0.3 is 0 Å². The number of Topliss-reactive ketones (excluding diaryl/α,β-unsaturated/α-hetero) is 1. The van der Waals surface area contributed by atoms with Gasteiger partial charge in [-0.1, -0.05) is 19.1 Å². The first-order valence-electron chi connectivity index (χ1n) is 8.33. The molecule has 2 amide bonds. The number of carbonyl (C=O) groups is 3. The molecule has 7 heteroatoms. The molecule has 1 aliphatic rings. The van der Waals surface area contributed by atoms with Crippen LogP contribution in [0.1, 0.15) is 30.6 Å². The van der Waals surface area contributed by atoms with Crippen molar-refractivity contribution in [1.82, 2.24) is 4.98 Å². The van der Waals surface area contributed by atoms with Crippen LogP contribution >= 0.6 is 0 Å². The van der Waals surface area contributed by atoms with Gasteiger partial charge in [0.15, 0.2) is 17.7 Å². The summed E-state index contributed by atoms with van der Waals surface area (Å²) in [5.74, 6) is 0.112. The van der Waals surface area contributed by atoms with E-state index in [0.717, 1.165) is 0 Å². The minimum Gasteiger partial charge on any atom is -0.481 e. The van der Waals surface area contributed by atoms with E-state index < -0.39 is 6.10 Å². The van der Waals surface area contributed by atoms with Crippen LogP contribution in [0.5, 0.6) is 5.75 Å². The van der Waals surface area contributed by atoms with E-state index >= 15 is 0 Å². The maximum atomic E-state index is 13.0. The summed E-state index contributed by atoms with van der Waals surface area (Å²) in [6.07, 6.45) is 1.18. The summed E-state index contributed by atoms with van der Waals surface area (Å²) in [5.41, 5.74) is 1.000. The van der Waals surface area contributed by atoms with E-state index in [1.807, 2.05) is 6.92 Å². The molecule has 1 aliphatic heterocycles. The van der Waals surface area contributed by atoms with Crippen LogP contribution < -0.4 is 15.0 Å². The zero-order valence-electron chi connectivity index (χ0n) is 14.6. The fourth-order valence-electron chi connectivity index (χ4n) is 2.73. The maximum absolute atomic E-state index is 13.0. The Balaban J connectivity index is 1.85. The van der Waals surface area contributed by atoms with E-state index in [-0.39, 0.29) is 24.1 Å². The molecule has 0 saturated heterocycles. The summed E-state index contributed by atoms with van der Waals surface area (Å²) in [5, 5.41) is 2.70. The number of aromatic nitrogens is 1. The molecular formula is C19H19N3O4. The third kappa shape index (κ3) is 3.56. The zero-order valence-corrected chi connectivity index (χ0v) is 14.6. The average Bonchev–Trinajstić information content (AvgIpc) is 2.65. The number of carbonyl (C=O) groups excluding carboxylic acids is 3. The van der Waals surface area contributed by atoms with Crippen molar-refractivity contribution in [2.45, 2.75) is 26.4 Å². The molecule has 1 aromatic carbocycles. The first-order chi connectivity index (χ1) is 12.5. The van der Waals surface area contributed by atoms with E-state index in [0.29, 0.717) is 29.2 Å². The molecule has 26 heavy (non-hydrogen) atoms. The fraction of sp³-hybridized carbons (Fsp3) is 0.263. The van der Waals surface area contributed by atoms with Gasteiger partial charge in [0, 0.05) is 11.8 Å². The Labute approximate surface area is 151 Å². The Morgan fingerprint density at radius 1 is 1.31 bits per heavy atom. The van der Waals surface area contributed by atoms with Crippen molar-refractivity contribution in [1.29, 1.82) is 0 Å². The maximum Gasteiger partial charge on any atom is 0.269 e. The van der Waals surface area contributed by atoms with Gasteiger partial charge in [0.05, 0.1) is 5.69 Å². The highest BCUT2D eigenvalue weighted by molar-refractivity contribution is 6.10. The Morgan fingerprint density at radius 2 is 2.12 bits per heavy atom. The van der Waals surface area contributed by atoms with Gasteiger partial charge in [0.25, 0.3) is 5.91 Å². The van der Waals surface area contributed by atoms with E-state index in [1.165, 1.54) is 11.8 Å². The van der Waals surface area contributed by atoms with Crippen LogP contribution in [0.3, 0.4) is 0 Å². The van der Waals surface area contributed by atoms with Crippen molar-refractivity contribution in [3.05, 3.63) is 48.2 Å². The average molecular weight is 353 g/mol. The third-order valence-electron chi connectivity index (χ3n) is 4.05. The second-order valence-corrected chi connectivity index (χ2v) is 5.95. The number of rotatable bonds is 5. The largest absolute Gasteiger partial charge is 0.481 e. The van der Waals surface area contributed by atoms with E-state index in [1.54, 1.807) is 42.6 Å². The van der Waals surface area contributed by atoms with Crippen molar-refractivity contribution >= 4 is 29.1 Å². The number of fused-ring (bicyclic) bond motifs is 1. The van der Waals surface area contributed by atoms with Crippen molar-refractivity contribution in [2.24, 2.45) is 0 Å². The summed E-state index contributed by atoms with van der Waals surface area (Å²) in [6.45, 7) is 3.17. The Morgan fingerprint density at radius 3 is 2.85 bits per heavy atom. The number of benzene rings is 1. The molecule has 0 radical (unpaired) electrons. The van der Waals surface area contributed by atoms with Gasteiger partial charge in [0.1, 0.15) is 12.3 Å². The molecular weight excluding hydrogens is 334 g/mol. The smallest absolute Gasteiger partial charge is 0.269 e. The van der Waals surface area contributed by atoms with E-state index in [9.17, 15) is 14.4 Å². The van der Waals surface area contributed by atoms with Crippen LogP contribution in [0.2, 0.25) is 0 Å². The molecule has 0 bridgehead atoms. The van der Waals surface area contributed by atoms with Gasteiger partial charge in [-0.25, -0.2) is 4.98 Å². The zero-order chi connectivity index (χ0) is 18.7. The molecule has 0 fully saturated rings. The highest BCUT2D eigenvalue weighted by atomic mass is 16.5. The first-order valence-corrected chi connectivity index (χ1v) is 8.33. The van der Waals surface area contributed by atoms with Crippen LogP contribution in [-0.4, -0.2) is 35.2 Å². The number of ketones is 1. The lowest BCUT2D eigenvalue weighted by atomic mass is 10.1. The number of pyridine rings is 1. The van der Waals surface area contributed by atoms with Crippen LogP contribution in [0.25, 0.3) is 0 Å². The predicted molar refractivity (Wildman–Crippen MR) is 96.4 cm³/mol. The second kappa shape index (κ2) is 7.35. The normalized spacial score (nSPS) is 14.2. The van der Waals surface area contributed by atoms with E-state index in [4.69, 9.17) is 4.74 Å². The monoisotopic (exact) mass is 353 g/mol. The molecule has 134 valence electrons. The summed E-state index contributed by atoms with van der Waals surface area (Å²) < 4.78 is 5.82. The van der Waals surface area contributed by atoms with Gasteiger partial charge < -0.3 is 10.1 Å². The topological polar surface area (TPSA) is 88.6 Å². The van der Waals surface area contributed by atoms with Crippen molar-refractivity contribution in [3.63, 3.8) is 0 Å². The van der Waals surface area contributed by atoms with Crippen LogP contribution in [0.15, 0.2) is 42.6 Å². The Bertz CT molecular complexity index is 865. The highest BCUT2D eigenvalue weighted by Gasteiger charge is 2.33. The molecule has 1 atom stereocenters. The molecule has 1 N–H and O–H groups in total. The van der Waals surface area contributed by atoms with Crippen LogP contribution in [0.4, 0.5) is 11.5 Å². The van der Waals surface area contributed by atoms with Gasteiger partial charge in [-0.2, -0.15) is 0 Å². The molecule has 1 aromatic heterocycles. The molecule has 3 rings (SSSR count). The van der Waals surface area contributed by atoms with E-state index in [2.05, 4.69) is 10.3 Å². The third-order valence-corrected chi connectivity index (χ3v) is 4.05. The van der Waals surface area contributed by atoms with Crippen molar-refractivity contribution in [3.8, 4) is 5.75 Å². The predicted octanol–water partition coefficient (Wildman–Crippen LogP) is 2.43. The minimum atomic E-state index is -0.794. The highest BCUT2D eigenvalue weighted by Crippen LogP contribution is 2.28. The molecule has 0 saturated carbocycles. The van der Waals surface area contributed by atoms with Gasteiger partial charge in [-0.3, -0.25) is 19.3 Å². The van der Waals surface area contributed by atoms with Crippen molar-refractivity contribution < 1.29 is 19.1 Å². The molecule has 0 spiro atoms. The molecule has 0 aliphatic carbocycles. The molecule has 1 unspecified atom stereocenters. The number of hydrogen-bond acceptors (Lipinski definition) is 5. The number of nitrogens with zero attached hydrogens (tertiary/aromatic N) is 2. The summed E-state index contributed by atoms with van der Waals surface area (Å²) >= 11 is 0. The summed E-state index contributed by atoms with van der Waals surface area (Å²) in [4.78, 5) is 42.0. The quantitative estimate of drug-likeness (QED) is 0.834.